The van der Waals surface area contributed by atoms with Crippen molar-refractivity contribution in [1.82, 2.24) is 9.97 Å². The number of aromatic nitrogens is 2. The van der Waals surface area contributed by atoms with Gasteiger partial charge in [0.15, 0.2) is 11.5 Å². The van der Waals surface area contributed by atoms with E-state index in [-0.39, 0.29) is 18.5 Å². The van der Waals surface area contributed by atoms with Crippen LogP contribution in [0.25, 0.3) is 22.6 Å². The van der Waals surface area contributed by atoms with Crippen LogP contribution in [0.3, 0.4) is 0 Å². The smallest absolute Gasteiger partial charge is 0.234 e. The van der Waals surface area contributed by atoms with Gasteiger partial charge in [-0.2, -0.15) is 0 Å². The molecule has 8 heteroatoms. The molecule has 0 fully saturated rings. The van der Waals surface area contributed by atoms with Crippen molar-refractivity contribution in [2.75, 3.05) is 25.0 Å². The normalized spacial score (nSPS) is 11.9. The van der Waals surface area contributed by atoms with Crippen LogP contribution in [0.1, 0.15) is 5.56 Å². The fourth-order valence-corrected chi connectivity index (χ4v) is 4.38. The summed E-state index contributed by atoms with van der Waals surface area (Å²) in [5.41, 5.74) is 4.67. The lowest BCUT2D eigenvalue weighted by atomic mass is 10.1. The van der Waals surface area contributed by atoms with Crippen molar-refractivity contribution >= 4 is 23.4 Å². The number of ether oxygens (including phenoxy) is 3. The number of hydrogen-bond donors (Lipinski definition) is 2. The first-order chi connectivity index (χ1) is 16.6. The number of H-pyrrole nitrogens is 1. The highest BCUT2D eigenvalue weighted by atomic mass is 32.2. The number of thioether (sulfide) groups is 1. The number of aryl methyl sites for hydroxylation is 1. The van der Waals surface area contributed by atoms with Gasteiger partial charge in [-0.1, -0.05) is 41.6 Å². The monoisotopic (exact) mass is 473 g/mol. The maximum atomic E-state index is 12.7. The third-order valence-electron chi connectivity index (χ3n) is 5.37. The molecule has 3 aromatic carbocycles. The van der Waals surface area contributed by atoms with Crippen LogP contribution in [0.15, 0.2) is 71.8 Å². The molecule has 172 valence electrons. The van der Waals surface area contributed by atoms with E-state index in [1.54, 1.807) is 25.3 Å². The summed E-state index contributed by atoms with van der Waals surface area (Å²) in [4.78, 5) is 20.9. The minimum absolute atomic E-state index is 0.132. The number of nitrogens with zero attached hydrogens (tertiary/aromatic N) is 1. The zero-order chi connectivity index (χ0) is 23.5. The summed E-state index contributed by atoms with van der Waals surface area (Å²) >= 11 is 1.39. The van der Waals surface area contributed by atoms with Crippen molar-refractivity contribution in [2.45, 2.75) is 11.9 Å². The summed E-state index contributed by atoms with van der Waals surface area (Å²) in [7, 11) is 1.64. The lowest BCUT2D eigenvalue weighted by Crippen LogP contribution is -2.14. The molecule has 0 saturated heterocycles. The zero-order valence-electron chi connectivity index (χ0n) is 18.8. The SMILES string of the molecule is COc1ccc(-c2nc(SCC(=O)Nc3ccc4c(c3)OCO4)c(-c3ccc(C)cc3)[nH]2)cc1. The number of aromatic amines is 1. The van der Waals surface area contributed by atoms with Gasteiger partial charge in [0, 0.05) is 22.9 Å². The van der Waals surface area contributed by atoms with Gasteiger partial charge in [-0.3, -0.25) is 4.79 Å². The van der Waals surface area contributed by atoms with Crippen LogP contribution in [-0.2, 0) is 4.79 Å². The van der Waals surface area contributed by atoms with Crippen molar-refractivity contribution < 1.29 is 19.0 Å². The number of benzene rings is 3. The molecule has 0 saturated carbocycles. The van der Waals surface area contributed by atoms with E-state index in [1.807, 2.05) is 24.3 Å². The number of carbonyl (C=O) groups excluding carboxylic acids is 1. The predicted molar refractivity (Wildman–Crippen MR) is 133 cm³/mol. The predicted octanol–water partition coefficient (Wildman–Crippen LogP) is 5.52. The average molecular weight is 474 g/mol. The highest BCUT2D eigenvalue weighted by Crippen LogP contribution is 2.35. The molecule has 1 aliphatic heterocycles. The quantitative estimate of drug-likeness (QED) is 0.344. The average Bonchev–Trinajstić information content (AvgIpc) is 3.50. The Hall–Kier alpha value is -3.91. The number of carbonyl (C=O) groups is 1. The number of amides is 1. The van der Waals surface area contributed by atoms with Crippen LogP contribution in [0, 0.1) is 6.92 Å². The minimum Gasteiger partial charge on any atom is -0.497 e. The number of rotatable bonds is 7. The fraction of sp³-hybridized carbons (Fsp3) is 0.154. The Bertz CT molecular complexity index is 1320. The van der Waals surface area contributed by atoms with Gasteiger partial charge in [-0.25, -0.2) is 4.98 Å². The Morgan fingerprint density at radius 1 is 1.03 bits per heavy atom. The molecule has 1 amide bonds. The van der Waals surface area contributed by atoms with Crippen molar-refractivity contribution in [3.05, 3.63) is 72.3 Å². The minimum atomic E-state index is -0.132. The molecule has 1 aromatic heterocycles. The van der Waals surface area contributed by atoms with E-state index in [2.05, 4.69) is 41.5 Å². The van der Waals surface area contributed by atoms with Crippen LogP contribution in [0.4, 0.5) is 5.69 Å². The molecule has 1 aliphatic rings. The van der Waals surface area contributed by atoms with Crippen LogP contribution in [-0.4, -0.2) is 35.5 Å². The molecule has 0 unspecified atom stereocenters. The molecule has 0 aliphatic carbocycles. The topological polar surface area (TPSA) is 85.5 Å². The number of methoxy groups -OCH3 is 1. The first-order valence-corrected chi connectivity index (χ1v) is 11.7. The summed E-state index contributed by atoms with van der Waals surface area (Å²) < 4.78 is 16.0. The molecule has 0 bridgehead atoms. The number of nitrogens with one attached hydrogen (secondary N) is 2. The largest absolute Gasteiger partial charge is 0.497 e. The summed E-state index contributed by atoms with van der Waals surface area (Å²) in [5, 5.41) is 3.67. The van der Waals surface area contributed by atoms with E-state index < -0.39 is 0 Å². The van der Waals surface area contributed by atoms with Gasteiger partial charge in [-0.15, -0.1) is 0 Å². The molecule has 0 radical (unpaired) electrons. The van der Waals surface area contributed by atoms with Crippen LogP contribution >= 0.6 is 11.8 Å². The molecule has 2 heterocycles. The van der Waals surface area contributed by atoms with E-state index in [4.69, 9.17) is 19.2 Å². The molecule has 2 N–H and O–H groups in total. The summed E-state index contributed by atoms with van der Waals surface area (Å²) in [6.07, 6.45) is 0. The summed E-state index contributed by atoms with van der Waals surface area (Å²) in [6, 6.07) is 21.3. The van der Waals surface area contributed by atoms with Crippen molar-refractivity contribution in [2.24, 2.45) is 0 Å². The second-order valence-electron chi connectivity index (χ2n) is 7.76. The first-order valence-electron chi connectivity index (χ1n) is 10.7. The maximum Gasteiger partial charge on any atom is 0.234 e. The molecule has 5 rings (SSSR count). The van der Waals surface area contributed by atoms with E-state index in [0.29, 0.717) is 17.2 Å². The Labute approximate surface area is 201 Å². The molecule has 7 nitrogen and oxygen atoms in total. The second kappa shape index (κ2) is 9.52. The van der Waals surface area contributed by atoms with Crippen LogP contribution in [0.2, 0.25) is 0 Å². The number of hydrogen-bond acceptors (Lipinski definition) is 6. The third kappa shape index (κ3) is 4.72. The Balaban J connectivity index is 1.36. The van der Waals surface area contributed by atoms with E-state index in [9.17, 15) is 4.79 Å². The maximum absolute atomic E-state index is 12.7. The second-order valence-corrected chi connectivity index (χ2v) is 8.73. The van der Waals surface area contributed by atoms with Gasteiger partial charge in [0.2, 0.25) is 12.7 Å². The Morgan fingerprint density at radius 2 is 1.76 bits per heavy atom. The van der Waals surface area contributed by atoms with Gasteiger partial charge >= 0.3 is 0 Å². The lowest BCUT2D eigenvalue weighted by Gasteiger charge is -2.06. The standard InChI is InChI=1S/C26H23N3O4S/c1-16-3-5-17(6-4-16)24-26(29-25(28-24)18-7-10-20(31-2)11-8-18)34-14-23(30)27-19-9-12-21-22(13-19)33-15-32-21/h3-13H,14-15H2,1-2H3,(H,27,30)(H,28,29). The van der Waals surface area contributed by atoms with Gasteiger partial charge in [0.25, 0.3) is 0 Å². The van der Waals surface area contributed by atoms with Crippen LogP contribution in [0.5, 0.6) is 17.2 Å². The highest BCUT2D eigenvalue weighted by Gasteiger charge is 2.17. The van der Waals surface area contributed by atoms with Crippen molar-refractivity contribution in [1.29, 1.82) is 0 Å². The molecule has 0 atom stereocenters. The highest BCUT2D eigenvalue weighted by molar-refractivity contribution is 8.00. The molecular weight excluding hydrogens is 450 g/mol. The van der Waals surface area contributed by atoms with Gasteiger partial charge in [0.1, 0.15) is 16.6 Å². The fourth-order valence-electron chi connectivity index (χ4n) is 3.57. The van der Waals surface area contributed by atoms with E-state index >= 15 is 0 Å². The Morgan fingerprint density at radius 3 is 2.53 bits per heavy atom. The van der Waals surface area contributed by atoms with E-state index in [0.717, 1.165) is 33.4 Å². The lowest BCUT2D eigenvalue weighted by molar-refractivity contribution is -0.113. The van der Waals surface area contributed by atoms with Gasteiger partial charge in [0.05, 0.1) is 18.6 Å². The van der Waals surface area contributed by atoms with Crippen molar-refractivity contribution in [3.8, 4) is 39.9 Å². The third-order valence-corrected chi connectivity index (χ3v) is 6.35. The van der Waals surface area contributed by atoms with Crippen molar-refractivity contribution in [3.63, 3.8) is 0 Å². The van der Waals surface area contributed by atoms with Crippen LogP contribution < -0.4 is 19.5 Å². The Kier molecular flexibility index (Phi) is 6.14. The first kappa shape index (κ1) is 21.9. The van der Waals surface area contributed by atoms with Gasteiger partial charge in [-0.05, 0) is 43.3 Å². The van der Waals surface area contributed by atoms with Gasteiger partial charge < -0.3 is 24.5 Å². The molecule has 34 heavy (non-hydrogen) atoms. The summed E-state index contributed by atoms with van der Waals surface area (Å²) in [5.74, 6) is 2.90. The summed E-state index contributed by atoms with van der Waals surface area (Å²) in [6.45, 7) is 2.25. The van der Waals surface area contributed by atoms with E-state index in [1.165, 1.54) is 17.3 Å². The number of anilines is 1. The molecule has 0 spiro atoms. The molecular formula is C26H23N3O4S. The number of imidazole rings is 1. The molecule has 4 aromatic rings. The zero-order valence-corrected chi connectivity index (χ0v) is 19.6. The number of fused-ring (bicyclic) bond motifs is 1.